The van der Waals surface area contributed by atoms with Gasteiger partial charge in [0.1, 0.15) is 0 Å². The van der Waals surface area contributed by atoms with E-state index in [9.17, 15) is 4.79 Å². The Morgan fingerprint density at radius 1 is 0.964 bits per heavy atom. The summed E-state index contributed by atoms with van der Waals surface area (Å²) < 4.78 is 2.28. The van der Waals surface area contributed by atoms with E-state index in [0.29, 0.717) is 6.42 Å². The molecule has 0 aliphatic carbocycles. The molecule has 28 heavy (non-hydrogen) atoms. The molecule has 5 heteroatoms. The number of nitrogens with zero attached hydrogens (tertiary/aromatic N) is 2. The summed E-state index contributed by atoms with van der Waals surface area (Å²) in [6.07, 6.45) is 1.80. The lowest BCUT2D eigenvalue weighted by molar-refractivity contribution is -0.137. The van der Waals surface area contributed by atoms with E-state index in [1.54, 1.807) is 11.8 Å². The van der Waals surface area contributed by atoms with Crippen molar-refractivity contribution in [1.29, 1.82) is 0 Å². The van der Waals surface area contributed by atoms with E-state index in [0.717, 1.165) is 34.9 Å². The minimum Gasteiger partial charge on any atom is -0.481 e. The molecule has 1 N–H and O–H groups in total. The van der Waals surface area contributed by atoms with Gasteiger partial charge in [-0.15, -0.1) is 0 Å². The average Bonchev–Trinajstić information content (AvgIpc) is 3.05. The fourth-order valence-electron chi connectivity index (χ4n) is 3.46. The van der Waals surface area contributed by atoms with Gasteiger partial charge in [0.05, 0.1) is 17.6 Å². The second-order valence-corrected chi connectivity index (χ2v) is 7.87. The van der Waals surface area contributed by atoms with Crippen molar-refractivity contribution < 1.29 is 9.90 Å². The van der Waals surface area contributed by atoms with Gasteiger partial charge in [-0.05, 0) is 41.3 Å². The molecular weight excluding hydrogens is 368 g/mol. The third-order valence-corrected chi connectivity index (χ3v) is 5.91. The van der Waals surface area contributed by atoms with Gasteiger partial charge in [-0.2, -0.15) is 0 Å². The number of carboxylic acid groups (broad SMARTS) is 1. The lowest BCUT2D eigenvalue weighted by atomic mass is 10.0. The first-order valence-electron chi connectivity index (χ1n) is 9.49. The molecule has 0 bridgehead atoms. The highest BCUT2D eigenvalue weighted by molar-refractivity contribution is 7.99. The highest BCUT2D eigenvalue weighted by atomic mass is 32.2. The molecule has 3 aromatic carbocycles. The van der Waals surface area contributed by atoms with Gasteiger partial charge in [0, 0.05) is 12.2 Å². The number of fused-ring (bicyclic) bond motifs is 2. The van der Waals surface area contributed by atoms with Crippen LogP contribution in [0.4, 0.5) is 0 Å². The molecule has 0 amide bonds. The molecule has 4 aromatic rings. The molecule has 1 aromatic heterocycles. The fraction of sp³-hybridized carbons (Fsp3) is 0.217. The predicted octanol–water partition coefficient (Wildman–Crippen LogP) is 5.58. The fourth-order valence-corrected chi connectivity index (χ4v) is 4.47. The van der Waals surface area contributed by atoms with Gasteiger partial charge in [0.2, 0.25) is 0 Å². The van der Waals surface area contributed by atoms with Crippen LogP contribution < -0.4 is 0 Å². The zero-order valence-corrected chi connectivity index (χ0v) is 16.4. The van der Waals surface area contributed by atoms with E-state index in [1.165, 1.54) is 16.3 Å². The zero-order chi connectivity index (χ0) is 19.3. The third kappa shape index (κ3) is 4.04. The number of aromatic nitrogens is 2. The largest absolute Gasteiger partial charge is 0.481 e. The normalized spacial score (nSPS) is 11.3. The number of benzene rings is 3. The Morgan fingerprint density at radius 3 is 2.64 bits per heavy atom. The van der Waals surface area contributed by atoms with Crippen LogP contribution in [0.2, 0.25) is 0 Å². The van der Waals surface area contributed by atoms with Crippen molar-refractivity contribution >= 4 is 39.5 Å². The Hall–Kier alpha value is -2.79. The summed E-state index contributed by atoms with van der Waals surface area (Å²) in [4.78, 5) is 15.5. The van der Waals surface area contributed by atoms with Crippen molar-refractivity contribution in [2.75, 3.05) is 5.75 Å². The van der Waals surface area contributed by atoms with Crippen LogP contribution in [0.3, 0.4) is 0 Å². The first-order chi connectivity index (χ1) is 13.7. The number of carbonyl (C=O) groups is 1. The molecular formula is C23H22N2O2S. The molecule has 0 fully saturated rings. The van der Waals surface area contributed by atoms with E-state index >= 15 is 0 Å². The maximum atomic E-state index is 10.7. The lowest BCUT2D eigenvalue weighted by Crippen LogP contribution is -2.03. The summed E-state index contributed by atoms with van der Waals surface area (Å²) in [5.41, 5.74) is 3.40. The number of para-hydroxylation sites is 2. The summed E-state index contributed by atoms with van der Waals surface area (Å²) in [6, 6.07) is 23.1. The second kappa shape index (κ2) is 8.48. The number of hydrogen-bond acceptors (Lipinski definition) is 3. The van der Waals surface area contributed by atoms with Crippen molar-refractivity contribution in [2.45, 2.75) is 31.0 Å². The van der Waals surface area contributed by atoms with Crippen molar-refractivity contribution in [3.8, 4) is 0 Å². The Balaban J connectivity index is 1.62. The molecule has 4 nitrogen and oxygen atoms in total. The number of imidazole rings is 1. The van der Waals surface area contributed by atoms with E-state index in [2.05, 4.69) is 53.1 Å². The van der Waals surface area contributed by atoms with Gasteiger partial charge < -0.3 is 9.67 Å². The lowest BCUT2D eigenvalue weighted by Gasteiger charge is -2.11. The van der Waals surface area contributed by atoms with Gasteiger partial charge in [0.25, 0.3) is 0 Å². The molecule has 0 radical (unpaired) electrons. The van der Waals surface area contributed by atoms with Gasteiger partial charge in [-0.3, -0.25) is 4.79 Å². The average molecular weight is 391 g/mol. The Kier molecular flexibility index (Phi) is 5.63. The minimum atomic E-state index is -0.729. The summed E-state index contributed by atoms with van der Waals surface area (Å²) >= 11 is 1.71. The third-order valence-electron chi connectivity index (χ3n) is 4.84. The minimum absolute atomic E-state index is 0.229. The van der Waals surface area contributed by atoms with Crippen LogP contribution in [0, 0.1) is 0 Å². The van der Waals surface area contributed by atoms with Gasteiger partial charge in [0.15, 0.2) is 5.16 Å². The van der Waals surface area contributed by atoms with Crippen molar-refractivity contribution in [2.24, 2.45) is 0 Å². The van der Waals surface area contributed by atoms with Crippen molar-refractivity contribution in [1.82, 2.24) is 9.55 Å². The van der Waals surface area contributed by atoms with Crippen LogP contribution in [-0.4, -0.2) is 26.4 Å². The van der Waals surface area contributed by atoms with Gasteiger partial charge in [-0.1, -0.05) is 66.4 Å². The molecule has 0 aliphatic rings. The topological polar surface area (TPSA) is 55.1 Å². The van der Waals surface area contributed by atoms with E-state index in [1.807, 2.05) is 18.2 Å². The Morgan fingerprint density at radius 2 is 1.75 bits per heavy atom. The number of unbranched alkanes of at least 4 members (excludes halogenated alkanes) is 1. The predicted molar refractivity (Wildman–Crippen MR) is 115 cm³/mol. The molecule has 0 atom stereocenters. The molecule has 4 rings (SSSR count). The summed E-state index contributed by atoms with van der Waals surface area (Å²) in [5, 5.41) is 12.3. The molecule has 0 spiro atoms. The van der Waals surface area contributed by atoms with Crippen LogP contribution in [-0.2, 0) is 11.3 Å². The summed E-state index contributed by atoms with van der Waals surface area (Å²) in [6.45, 7) is 0.763. The molecule has 0 saturated carbocycles. The SMILES string of the molecule is O=C(O)CCCCSc1nc2ccccc2n1Cc1cccc2ccccc12. The highest BCUT2D eigenvalue weighted by Crippen LogP contribution is 2.28. The maximum absolute atomic E-state index is 10.7. The zero-order valence-electron chi connectivity index (χ0n) is 15.5. The van der Waals surface area contributed by atoms with E-state index < -0.39 is 5.97 Å². The number of hydrogen-bond donors (Lipinski definition) is 1. The van der Waals surface area contributed by atoms with Crippen molar-refractivity contribution in [3.05, 3.63) is 72.3 Å². The number of aliphatic carboxylic acids is 1. The maximum Gasteiger partial charge on any atom is 0.303 e. The first-order valence-corrected chi connectivity index (χ1v) is 10.5. The van der Waals surface area contributed by atoms with Gasteiger partial charge in [-0.25, -0.2) is 4.98 Å². The van der Waals surface area contributed by atoms with Crippen molar-refractivity contribution in [3.63, 3.8) is 0 Å². The number of rotatable bonds is 8. The highest BCUT2D eigenvalue weighted by Gasteiger charge is 2.12. The smallest absolute Gasteiger partial charge is 0.303 e. The molecule has 0 aliphatic heterocycles. The van der Waals surface area contributed by atoms with Crippen LogP contribution in [0.15, 0.2) is 71.9 Å². The van der Waals surface area contributed by atoms with Crippen LogP contribution in [0.25, 0.3) is 21.8 Å². The molecule has 1 heterocycles. The monoisotopic (exact) mass is 390 g/mol. The number of carboxylic acids is 1. The molecule has 0 saturated heterocycles. The Bertz CT molecular complexity index is 1110. The Labute approximate surface area is 168 Å². The van der Waals surface area contributed by atoms with Crippen LogP contribution in [0.1, 0.15) is 24.8 Å². The van der Waals surface area contributed by atoms with Crippen LogP contribution in [0.5, 0.6) is 0 Å². The van der Waals surface area contributed by atoms with E-state index in [4.69, 9.17) is 10.1 Å². The summed E-state index contributed by atoms with van der Waals surface area (Å²) in [5.74, 6) is 0.139. The van der Waals surface area contributed by atoms with Crippen LogP contribution >= 0.6 is 11.8 Å². The second-order valence-electron chi connectivity index (χ2n) is 6.81. The molecule has 142 valence electrons. The standard InChI is InChI=1S/C23H22N2O2S/c26-22(27)14-5-6-15-28-23-24-20-12-3-4-13-21(20)25(23)16-18-10-7-9-17-8-1-2-11-19(17)18/h1-4,7-13H,5-6,14-16H2,(H,26,27). The number of thioether (sulfide) groups is 1. The molecule has 0 unspecified atom stereocenters. The van der Waals surface area contributed by atoms with E-state index in [-0.39, 0.29) is 6.42 Å². The quantitative estimate of drug-likeness (QED) is 0.315. The summed E-state index contributed by atoms with van der Waals surface area (Å²) in [7, 11) is 0. The van der Waals surface area contributed by atoms with Gasteiger partial charge >= 0.3 is 5.97 Å². The first kappa shape index (κ1) is 18.6.